The van der Waals surface area contributed by atoms with Crippen LogP contribution in [0.2, 0.25) is 5.02 Å². The molecule has 0 spiro atoms. The van der Waals surface area contributed by atoms with Gasteiger partial charge in [-0.3, -0.25) is 5.01 Å². The molecule has 0 atom stereocenters. The number of benzene rings is 2. The minimum atomic E-state index is -0.569. The maximum Gasteiger partial charge on any atom is 0.352 e. The van der Waals surface area contributed by atoms with Gasteiger partial charge in [0.25, 0.3) is 0 Å². The smallest absolute Gasteiger partial charge is 0.352 e. The zero-order valence-electron chi connectivity index (χ0n) is 18.8. The van der Waals surface area contributed by atoms with Crippen LogP contribution < -0.4 is 30.9 Å². The van der Waals surface area contributed by atoms with Gasteiger partial charge in [0.05, 0.1) is 24.9 Å². The third kappa shape index (κ3) is 5.28. The molecule has 9 nitrogen and oxygen atoms in total. The summed E-state index contributed by atoms with van der Waals surface area (Å²) in [5.74, 6) is 12.9. The van der Waals surface area contributed by atoms with Crippen molar-refractivity contribution in [2.24, 2.45) is 11.7 Å². The molecule has 1 heterocycles. The third-order valence-electron chi connectivity index (χ3n) is 5.00. The Bertz CT molecular complexity index is 1160. The SMILES string of the molecule is COc1ccc(-c2ccc(Cl)c(OCc3c(C)cccc3N(N)C(=O)N(C)N)c2)c(OC)n1. The van der Waals surface area contributed by atoms with Crippen LogP contribution in [0, 0.1) is 6.92 Å². The summed E-state index contributed by atoms with van der Waals surface area (Å²) in [5.41, 5.74) is 3.64. The highest BCUT2D eigenvalue weighted by Gasteiger charge is 2.19. The Hall–Kier alpha value is -3.53. The second-order valence-electron chi connectivity index (χ2n) is 7.18. The number of pyridine rings is 1. The zero-order chi connectivity index (χ0) is 24.1. The average Bonchev–Trinajstić information content (AvgIpc) is 2.82. The van der Waals surface area contributed by atoms with Gasteiger partial charge < -0.3 is 14.2 Å². The van der Waals surface area contributed by atoms with E-state index in [4.69, 9.17) is 37.5 Å². The zero-order valence-corrected chi connectivity index (χ0v) is 19.6. The molecule has 0 aliphatic heterocycles. The van der Waals surface area contributed by atoms with E-state index in [0.717, 1.165) is 32.3 Å². The van der Waals surface area contributed by atoms with Crippen molar-refractivity contribution in [2.75, 3.05) is 26.3 Å². The number of hydrogen-bond acceptors (Lipinski definition) is 7. The van der Waals surface area contributed by atoms with Gasteiger partial charge in [-0.15, -0.1) is 0 Å². The number of carbonyl (C=O) groups is 1. The van der Waals surface area contributed by atoms with E-state index in [1.807, 2.05) is 25.1 Å². The van der Waals surface area contributed by atoms with E-state index in [1.54, 1.807) is 30.3 Å². The molecule has 10 heteroatoms. The van der Waals surface area contributed by atoms with Crippen molar-refractivity contribution in [3.63, 3.8) is 0 Å². The lowest BCUT2D eigenvalue weighted by Crippen LogP contribution is -2.49. The number of hydrazine groups is 2. The summed E-state index contributed by atoms with van der Waals surface area (Å²) in [7, 11) is 4.50. The van der Waals surface area contributed by atoms with Gasteiger partial charge in [-0.1, -0.05) is 29.8 Å². The van der Waals surface area contributed by atoms with E-state index in [1.165, 1.54) is 21.3 Å². The minimum Gasteiger partial charge on any atom is -0.487 e. The first-order chi connectivity index (χ1) is 15.8. The van der Waals surface area contributed by atoms with Gasteiger partial charge in [-0.25, -0.2) is 21.5 Å². The van der Waals surface area contributed by atoms with Crippen LogP contribution in [0.15, 0.2) is 48.5 Å². The number of aromatic nitrogens is 1. The third-order valence-corrected chi connectivity index (χ3v) is 5.32. The highest BCUT2D eigenvalue weighted by Crippen LogP contribution is 2.36. The Labute approximate surface area is 197 Å². The lowest BCUT2D eigenvalue weighted by atomic mass is 10.1. The van der Waals surface area contributed by atoms with E-state index in [9.17, 15) is 4.79 Å². The summed E-state index contributed by atoms with van der Waals surface area (Å²) in [6.07, 6.45) is 0. The molecule has 2 amide bonds. The first kappa shape index (κ1) is 24.1. The van der Waals surface area contributed by atoms with E-state index in [0.29, 0.717) is 28.2 Å². The molecule has 0 unspecified atom stereocenters. The molecule has 0 bridgehead atoms. The van der Waals surface area contributed by atoms with Crippen molar-refractivity contribution in [2.45, 2.75) is 13.5 Å². The molecule has 4 N–H and O–H groups in total. The monoisotopic (exact) mass is 471 g/mol. The predicted octanol–water partition coefficient (Wildman–Crippen LogP) is 3.91. The number of aryl methyl sites for hydroxylation is 1. The number of urea groups is 1. The van der Waals surface area contributed by atoms with Crippen molar-refractivity contribution in [3.8, 4) is 28.6 Å². The van der Waals surface area contributed by atoms with Crippen LogP contribution in [-0.2, 0) is 6.61 Å². The Morgan fingerprint density at radius 2 is 1.85 bits per heavy atom. The fraction of sp³-hybridized carbons (Fsp3) is 0.217. The molecule has 3 rings (SSSR count). The molecule has 0 radical (unpaired) electrons. The standard InChI is InChI=1S/C23H26ClN5O4/c1-14-6-5-7-19(29(26)23(30)28(2)25)17(14)13-33-20-12-15(8-10-18(20)24)16-9-11-21(31-3)27-22(16)32-4/h5-12H,13,25-26H2,1-4H3. The molecule has 0 aliphatic rings. The number of nitrogens with zero attached hydrogens (tertiary/aromatic N) is 3. The Morgan fingerprint density at radius 1 is 1.09 bits per heavy atom. The summed E-state index contributed by atoms with van der Waals surface area (Å²) in [6.45, 7) is 2.02. The topological polar surface area (TPSA) is 116 Å². The van der Waals surface area contributed by atoms with Gasteiger partial charge in [-0.2, -0.15) is 4.98 Å². The first-order valence-corrected chi connectivity index (χ1v) is 10.3. The van der Waals surface area contributed by atoms with Crippen molar-refractivity contribution in [1.82, 2.24) is 9.99 Å². The molecule has 2 aromatic carbocycles. The largest absolute Gasteiger partial charge is 0.487 e. The average molecular weight is 472 g/mol. The fourth-order valence-electron chi connectivity index (χ4n) is 3.22. The number of nitrogens with two attached hydrogens (primary N) is 2. The molecule has 1 aromatic heterocycles. The van der Waals surface area contributed by atoms with Crippen LogP contribution in [0.25, 0.3) is 11.1 Å². The molecule has 0 aliphatic carbocycles. The molecule has 174 valence electrons. The van der Waals surface area contributed by atoms with E-state index >= 15 is 0 Å². The molecular formula is C23H26ClN5O4. The number of amides is 2. The quantitative estimate of drug-likeness (QED) is 0.305. The number of hydrogen-bond donors (Lipinski definition) is 2. The number of halogens is 1. The summed E-state index contributed by atoms with van der Waals surface area (Å²) in [5, 5.41) is 2.32. The lowest BCUT2D eigenvalue weighted by molar-refractivity contribution is 0.216. The maximum absolute atomic E-state index is 12.3. The van der Waals surface area contributed by atoms with E-state index in [2.05, 4.69) is 4.98 Å². The molecule has 33 heavy (non-hydrogen) atoms. The van der Waals surface area contributed by atoms with Gasteiger partial charge in [0.2, 0.25) is 11.8 Å². The molecule has 0 saturated heterocycles. The Morgan fingerprint density at radius 3 is 2.52 bits per heavy atom. The highest BCUT2D eigenvalue weighted by atomic mass is 35.5. The molecule has 0 saturated carbocycles. The minimum absolute atomic E-state index is 0.123. The van der Waals surface area contributed by atoms with Crippen LogP contribution in [0.5, 0.6) is 17.5 Å². The van der Waals surface area contributed by atoms with Crippen molar-refractivity contribution in [1.29, 1.82) is 0 Å². The van der Waals surface area contributed by atoms with Crippen LogP contribution in [0.4, 0.5) is 10.5 Å². The van der Waals surface area contributed by atoms with Crippen molar-refractivity contribution >= 4 is 23.3 Å². The Balaban J connectivity index is 1.92. The van der Waals surface area contributed by atoms with E-state index < -0.39 is 6.03 Å². The lowest BCUT2D eigenvalue weighted by Gasteiger charge is -2.24. The highest BCUT2D eigenvalue weighted by molar-refractivity contribution is 6.32. The number of ether oxygens (including phenoxy) is 3. The van der Waals surface area contributed by atoms with Crippen LogP contribution in [0.1, 0.15) is 11.1 Å². The number of carbonyl (C=O) groups excluding carboxylic acids is 1. The van der Waals surface area contributed by atoms with Gasteiger partial charge in [0.15, 0.2) is 0 Å². The maximum atomic E-state index is 12.3. The van der Waals surface area contributed by atoms with Crippen LogP contribution in [-0.4, -0.2) is 37.3 Å². The summed E-state index contributed by atoms with van der Waals surface area (Å²) in [6, 6.07) is 13.8. The second-order valence-corrected chi connectivity index (χ2v) is 7.59. The first-order valence-electron chi connectivity index (χ1n) is 9.94. The predicted molar refractivity (Wildman–Crippen MR) is 127 cm³/mol. The number of anilines is 1. The summed E-state index contributed by atoms with van der Waals surface area (Å²) >= 11 is 6.40. The van der Waals surface area contributed by atoms with Gasteiger partial charge in [0, 0.05) is 24.2 Å². The second kappa shape index (κ2) is 10.4. The Kier molecular flexibility index (Phi) is 7.59. The van der Waals surface area contributed by atoms with Crippen LogP contribution in [0.3, 0.4) is 0 Å². The van der Waals surface area contributed by atoms with Gasteiger partial charge >= 0.3 is 6.03 Å². The molecule has 3 aromatic rings. The molecular weight excluding hydrogens is 446 g/mol. The fourth-order valence-corrected chi connectivity index (χ4v) is 3.39. The number of methoxy groups -OCH3 is 2. The van der Waals surface area contributed by atoms with E-state index in [-0.39, 0.29) is 6.61 Å². The summed E-state index contributed by atoms with van der Waals surface area (Å²) in [4.78, 5) is 16.6. The van der Waals surface area contributed by atoms with Crippen molar-refractivity contribution < 1.29 is 19.0 Å². The van der Waals surface area contributed by atoms with Gasteiger partial charge in [-0.05, 0) is 42.3 Å². The van der Waals surface area contributed by atoms with Gasteiger partial charge in [0.1, 0.15) is 12.4 Å². The van der Waals surface area contributed by atoms with Crippen molar-refractivity contribution in [3.05, 3.63) is 64.7 Å². The van der Waals surface area contributed by atoms with Crippen LogP contribution >= 0.6 is 11.6 Å². The number of rotatable bonds is 7. The summed E-state index contributed by atoms with van der Waals surface area (Å²) < 4.78 is 16.6. The molecule has 0 fully saturated rings. The normalized spacial score (nSPS) is 10.5.